The van der Waals surface area contributed by atoms with Gasteiger partial charge in [-0.1, -0.05) is 11.8 Å². The third kappa shape index (κ3) is 2.27. The van der Waals surface area contributed by atoms with Gasteiger partial charge in [-0.15, -0.1) is 11.8 Å². The molecule has 3 N–H and O–H groups in total. The third-order valence-electron chi connectivity index (χ3n) is 2.37. The van der Waals surface area contributed by atoms with Crippen LogP contribution < -0.4 is 5.73 Å². The molecule has 0 aromatic rings. The van der Waals surface area contributed by atoms with E-state index in [9.17, 15) is 14.4 Å². The molecular weight excluding hydrogens is 264 g/mol. The molecule has 17 heavy (non-hydrogen) atoms. The lowest BCUT2D eigenvalue weighted by Gasteiger charge is -2.33. The Labute approximate surface area is 106 Å². The molecule has 2 amide bonds. The van der Waals surface area contributed by atoms with Crippen LogP contribution in [0, 0.1) is 0 Å². The summed E-state index contributed by atoms with van der Waals surface area (Å²) >= 11 is 2.63. The summed E-state index contributed by atoms with van der Waals surface area (Å²) in [7, 11) is 0. The molecule has 0 saturated carbocycles. The maximum absolute atomic E-state index is 11.3. The zero-order chi connectivity index (χ0) is 12.6. The summed E-state index contributed by atoms with van der Waals surface area (Å²) in [6, 6.07) is 0. The van der Waals surface area contributed by atoms with E-state index in [4.69, 9.17) is 10.8 Å². The highest BCUT2D eigenvalue weighted by molar-refractivity contribution is 8.22. The van der Waals surface area contributed by atoms with Gasteiger partial charge in [-0.2, -0.15) is 0 Å². The van der Waals surface area contributed by atoms with Crippen molar-refractivity contribution in [3.63, 3.8) is 0 Å². The Hall–Kier alpha value is -1.15. The smallest absolute Gasteiger partial charge is 0.354 e. The second-order valence-electron chi connectivity index (χ2n) is 3.55. The van der Waals surface area contributed by atoms with Gasteiger partial charge in [0.05, 0.1) is 16.0 Å². The fraction of sp³-hybridized carbons (Fsp3) is 0.444. The van der Waals surface area contributed by atoms with Gasteiger partial charge in [-0.05, 0) is 0 Å². The van der Waals surface area contributed by atoms with E-state index in [-0.39, 0.29) is 23.4 Å². The first-order valence-electron chi connectivity index (χ1n) is 4.88. The highest BCUT2D eigenvalue weighted by Gasteiger charge is 2.48. The summed E-state index contributed by atoms with van der Waals surface area (Å²) < 4.78 is 0.592. The Bertz CT molecular complexity index is 435. The SMILES string of the molecule is NC(=O)CCSC1=C(C(=O)O)N2C(=O)C[C@H]2S1. The van der Waals surface area contributed by atoms with Gasteiger partial charge >= 0.3 is 5.97 Å². The molecular formula is C9H10N2O4S2. The summed E-state index contributed by atoms with van der Waals surface area (Å²) in [6.07, 6.45) is 0.571. The molecule has 0 radical (unpaired) electrons. The molecule has 0 bridgehead atoms. The molecule has 1 atom stereocenters. The minimum Gasteiger partial charge on any atom is -0.477 e. The predicted molar refractivity (Wildman–Crippen MR) is 63.8 cm³/mol. The molecule has 6 nitrogen and oxygen atoms in total. The number of hydrogen-bond donors (Lipinski definition) is 2. The predicted octanol–water partition coefficient (Wildman–Crippen LogP) is 0.154. The van der Waals surface area contributed by atoms with E-state index in [1.807, 2.05) is 0 Å². The van der Waals surface area contributed by atoms with Crippen molar-refractivity contribution in [2.45, 2.75) is 18.2 Å². The number of carboxylic acids is 1. The lowest BCUT2D eigenvalue weighted by Crippen LogP contribution is -2.48. The maximum atomic E-state index is 11.3. The van der Waals surface area contributed by atoms with Gasteiger partial charge < -0.3 is 10.8 Å². The van der Waals surface area contributed by atoms with Gasteiger partial charge in [-0.25, -0.2) is 4.79 Å². The molecule has 0 aromatic carbocycles. The van der Waals surface area contributed by atoms with Crippen molar-refractivity contribution in [1.29, 1.82) is 0 Å². The number of primary amides is 1. The molecule has 0 unspecified atom stereocenters. The number of nitrogens with zero attached hydrogens (tertiary/aromatic N) is 1. The van der Waals surface area contributed by atoms with Crippen LogP contribution in [0.15, 0.2) is 9.93 Å². The molecule has 0 aromatic heterocycles. The topological polar surface area (TPSA) is 101 Å². The second kappa shape index (κ2) is 4.61. The Morgan fingerprint density at radius 1 is 1.59 bits per heavy atom. The van der Waals surface area contributed by atoms with Gasteiger partial charge in [0, 0.05) is 12.2 Å². The Balaban J connectivity index is 2.07. The number of carboxylic acid groups (broad SMARTS) is 1. The summed E-state index contributed by atoms with van der Waals surface area (Å²) in [4.78, 5) is 34.3. The number of amides is 2. The number of fused-ring (bicyclic) bond motifs is 1. The van der Waals surface area contributed by atoms with Crippen LogP contribution in [0.4, 0.5) is 0 Å². The fourth-order valence-electron chi connectivity index (χ4n) is 1.57. The zero-order valence-corrected chi connectivity index (χ0v) is 10.3. The summed E-state index contributed by atoms with van der Waals surface area (Å²) in [5.74, 6) is -1.25. The number of carbonyl (C=O) groups is 3. The average molecular weight is 274 g/mol. The second-order valence-corrected chi connectivity index (χ2v) is 6.10. The number of thioether (sulfide) groups is 2. The Kier molecular flexibility index (Phi) is 3.34. The molecule has 2 aliphatic heterocycles. The van der Waals surface area contributed by atoms with Crippen molar-refractivity contribution < 1.29 is 19.5 Å². The summed E-state index contributed by atoms with van der Waals surface area (Å²) in [6.45, 7) is 0. The van der Waals surface area contributed by atoms with Crippen LogP contribution in [-0.2, 0) is 14.4 Å². The van der Waals surface area contributed by atoms with Crippen LogP contribution in [0.1, 0.15) is 12.8 Å². The molecule has 1 saturated heterocycles. The minimum atomic E-state index is -1.10. The van der Waals surface area contributed by atoms with Crippen molar-refractivity contribution >= 4 is 41.3 Å². The monoisotopic (exact) mass is 274 g/mol. The Morgan fingerprint density at radius 3 is 2.82 bits per heavy atom. The third-order valence-corrected chi connectivity index (χ3v) is 4.93. The number of aliphatic carboxylic acids is 1. The van der Waals surface area contributed by atoms with Gasteiger partial charge in [0.2, 0.25) is 11.8 Å². The Morgan fingerprint density at radius 2 is 2.29 bits per heavy atom. The van der Waals surface area contributed by atoms with Crippen LogP contribution in [0.5, 0.6) is 0 Å². The van der Waals surface area contributed by atoms with Crippen LogP contribution in [0.3, 0.4) is 0 Å². The fourth-order valence-corrected chi connectivity index (χ4v) is 4.33. The largest absolute Gasteiger partial charge is 0.477 e. The molecule has 1 fully saturated rings. The summed E-state index contributed by atoms with van der Waals surface area (Å²) in [5.41, 5.74) is 5.05. The lowest BCUT2D eigenvalue weighted by atomic mass is 10.2. The molecule has 2 rings (SSSR count). The van der Waals surface area contributed by atoms with E-state index in [0.29, 0.717) is 16.4 Å². The van der Waals surface area contributed by atoms with Gasteiger partial charge in [0.15, 0.2) is 5.70 Å². The molecule has 0 aliphatic carbocycles. The number of carbonyl (C=O) groups excluding carboxylic acids is 2. The lowest BCUT2D eigenvalue weighted by molar-refractivity contribution is -0.145. The van der Waals surface area contributed by atoms with E-state index in [1.54, 1.807) is 0 Å². The normalized spacial score (nSPS) is 22.5. The van der Waals surface area contributed by atoms with E-state index in [1.165, 1.54) is 28.4 Å². The standard InChI is InChI=1S/C9H10N2O4S2/c10-4(12)1-2-16-9-7(8(14)15)11-5(13)3-6(11)17-9/h6H,1-3H2,(H2,10,12)(H,14,15)/t6-/m1/s1. The maximum Gasteiger partial charge on any atom is 0.354 e. The van der Waals surface area contributed by atoms with Crippen LogP contribution in [0.2, 0.25) is 0 Å². The quantitative estimate of drug-likeness (QED) is 0.692. The van der Waals surface area contributed by atoms with E-state index < -0.39 is 11.9 Å². The van der Waals surface area contributed by atoms with Crippen LogP contribution in [-0.4, -0.2) is 38.9 Å². The average Bonchev–Trinajstić information content (AvgIpc) is 2.50. The molecule has 2 aliphatic rings. The van der Waals surface area contributed by atoms with Crippen molar-refractivity contribution in [3.8, 4) is 0 Å². The number of β-lactam (4-membered cyclic amide) rings is 1. The highest BCUT2D eigenvalue weighted by Crippen LogP contribution is 2.50. The van der Waals surface area contributed by atoms with Crippen molar-refractivity contribution in [1.82, 2.24) is 4.90 Å². The zero-order valence-electron chi connectivity index (χ0n) is 8.71. The highest BCUT2D eigenvalue weighted by atomic mass is 32.2. The number of rotatable bonds is 5. The van der Waals surface area contributed by atoms with Crippen LogP contribution >= 0.6 is 23.5 Å². The van der Waals surface area contributed by atoms with E-state index >= 15 is 0 Å². The van der Waals surface area contributed by atoms with Gasteiger partial charge in [-0.3, -0.25) is 14.5 Å². The molecule has 2 heterocycles. The number of hydrogen-bond acceptors (Lipinski definition) is 5. The van der Waals surface area contributed by atoms with Crippen molar-refractivity contribution in [2.75, 3.05) is 5.75 Å². The first-order chi connectivity index (χ1) is 8.00. The van der Waals surface area contributed by atoms with E-state index in [0.717, 1.165) is 0 Å². The van der Waals surface area contributed by atoms with Crippen LogP contribution in [0.25, 0.3) is 0 Å². The molecule has 0 spiro atoms. The van der Waals surface area contributed by atoms with Gasteiger partial charge in [0.25, 0.3) is 0 Å². The van der Waals surface area contributed by atoms with Crippen molar-refractivity contribution in [3.05, 3.63) is 9.93 Å². The van der Waals surface area contributed by atoms with Gasteiger partial charge in [0.1, 0.15) is 0 Å². The first kappa shape index (κ1) is 12.3. The number of nitrogens with two attached hydrogens (primary N) is 1. The first-order valence-corrected chi connectivity index (χ1v) is 6.74. The summed E-state index contributed by atoms with van der Waals surface area (Å²) in [5, 5.41) is 8.98. The van der Waals surface area contributed by atoms with E-state index in [2.05, 4.69) is 0 Å². The van der Waals surface area contributed by atoms with Crippen molar-refractivity contribution in [2.24, 2.45) is 5.73 Å². The molecule has 8 heteroatoms. The minimum absolute atomic E-state index is 0.0470. The molecule has 92 valence electrons.